The summed E-state index contributed by atoms with van der Waals surface area (Å²) in [6.07, 6.45) is 4.11. The van der Waals surface area contributed by atoms with Gasteiger partial charge in [-0.1, -0.05) is 6.07 Å². The summed E-state index contributed by atoms with van der Waals surface area (Å²) < 4.78 is 41.7. The molecule has 10 heteroatoms. The van der Waals surface area contributed by atoms with Gasteiger partial charge in [-0.2, -0.15) is 0 Å². The molecule has 0 saturated carbocycles. The minimum atomic E-state index is -2.86. The van der Waals surface area contributed by atoms with Crippen molar-refractivity contribution in [2.24, 2.45) is 0 Å². The highest BCUT2D eigenvalue weighted by Crippen LogP contribution is 2.25. The fourth-order valence-corrected chi connectivity index (χ4v) is 2.48. The molecular weight excluding hydrogens is 380 g/mol. The molecule has 2 aromatic rings. The predicted molar refractivity (Wildman–Crippen MR) is 91.2 cm³/mol. The van der Waals surface area contributed by atoms with Crippen LogP contribution in [0.3, 0.4) is 0 Å². The third-order valence-corrected chi connectivity index (χ3v) is 3.69. The van der Waals surface area contributed by atoms with Crippen LogP contribution in [0.15, 0.2) is 36.9 Å². The van der Waals surface area contributed by atoms with Crippen LogP contribution in [-0.4, -0.2) is 34.0 Å². The summed E-state index contributed by atoms with van der Waals surface area (Å²) in [5, 5.41) is 5.02. The highest BCUT2D eigenvalue weighted by atomic mass is 35.5. The van der Waals surface area contributed by atoms with E-state index in [4.69, 9.17) is 0 Å². The van der Waals surface area contributed by atoms with E-state index in [1.807, 2.05) is 0 Å². The van der Waals surface area contributed by atoms with Gasteiger partial charge in [-0.3, -0.25) is 10.1 Å². The van der Waals surface area contributed by atoms with E-state index < -0.39 is 36.7 Å². The summed E-state index contributed by atoms with van der Waals surface area (Å²) in [4.78, 5) is 15.7. The van der Waals surface area contributed by atoms with Crippen molar-refractivity contribution in [3.8, 4) is 5.69 Å². The van der Waals surface area contributed by atoms with Crippen molar-refractivity contribution in [1.82, 2.24) is 20.2 Å². The van der Waals surface area contributed by atoms with Crippen LogP contribution in [0.25, 0.3) is 5.69 Å². The number of alkyl halides is 2. The molecule has 0 spiro atoms. The van der Waals surface area contributed by atoms with Gasteiger partial charge in [0.25, 0.3) is 5.92 Å². The van der Waals surface area contributed by atoms with E-state index in [-0.39, 0.29) is 31.4 Å². The monoisotopic (exact) mass is 396 g/mol. The first-order valence-corrected chi connectivity index (χ1v) is 7.10. The summed E-state index contributed by atoms with van der Waals surface area (Å²) in [6.45, 7) is -0.428. The molecule has 0 bridgehead atoms. The Labute approximate surface area is 154 Å². The molecule has 3 rings (SSSR count). The van der Waals surface area contributed by atoms with Crippen LogP contribution in [0.4, 0.5) is 13.2 Å². The lowest BCUT2D eigenvalue weighted by Gasteiger charge is -2.12. The first-order chi connectivity index (χ1) is 10.9. The average molecular weight is 397 g/mol. The molecule has 25 heavy (non-hydrogen) atoms. The molecule has 1 aromatic heterocycles. The van der Waals surface area contributed by atoms with Gasteiger partial charge in [-0.05, 0) is 17.7 Å². The molecular formula is C15H17Cl2F3N4O. The highest BCUT2D eigenvalue weighted by Gasteiger charge is 2.42. The summed E-state index contributed by atoms with van der Waals surface area (Å²) >= 11 is 0. The number of halogens is 5. The molecule has 2 heterocycles. The Morgan fingerprint density at radius 1 is 1.40 bits per heavy atom. The maximum Gasteiger partial charge on any atom is 0.262 e. The zero-order chi connectivity index (χ0) is 16.4. The fourth-order valence-electron chi connectivity index (χ4n) is 2.48. The molecule has 1 saturated heterocycles. The number of aromatic nitrogens is 2. The summed E-state index contributed by atoms with van der Waals surface area (Å²) in [5.74, 6) is -3.83. The Morgan fingerprint density at radius 3 is 2.72 bits per heavy atom. The molecule has 2 N–H and O–H groups in total. The van der Waals surface area contributed by atoms with Crippen LogP contribution < -0.4 is 10.6 Å². The molecule has 138 valence electrons. The van der Waals surface area contributed by atoms with Gasteiger partial charge in [0.1, 0.15) is 5.82 Å². The van der Waals surface area contributed by atoms with Gasteiger partial charge in [0, 0.05) is 25.4 Å². The molecule has 1 fully saturated rings. The molecule has 5 nitrogen and oxygen atoms in total. The summed E-state index contributed by atoms with van der Waals surface area (Å²) in [6, 6.07) is 3.61. The quantitative estimate of drug-likeness (QED) is 0.834. The SMILES string of the molecule is Cl.Cl.O=C(NCc1ccc(-n2ccnc2)c(F)c1)C1CC(F)(F)CN1. The van der Waals surface area contributed by atoms with E-state index in [0.717, 1.165) is 0 Å². The molecule has 1 aliphatic heterocycles. The van der Waals surface area contributed by atoms with Crippen molar-refractivity contribution in [1.29, 1.82) is 0 Å². The molecule has 1 aromatic carbocycles. The summed E-state index contributed by atoms with van der Waals surface area (Å²) in [7, 11) is 0. The maximum absolute atomic E-state index is 14.1. The van der Waals surface area contributed by atoms with Crippen molar-refractivity contribution in [2.75, 3.05) is 6.54 Å². The maximum atomic E-state index is 14.1. The largest absolute Gasteiger partial charge is 0.351 e. The zero-order valence-corrected chi connectivity index (χ0v) is 14.5. The Hall–Kier alpha value is -1.77. The normalized spacial score (nSPS) is 18.1. The number of rotatable bonds is 4. The number of hydrogen-bond donors (Lipinski definition) is 2. The second kappa shape index (κ2) is 8.55. The van der Waals surface area contributed by atoms with Crippen molar-refractivity contribution in [2.45, 2.75) is 24.9 Å². The van der Waals surface area contributed by atoms with Gasteiger partial charge in [-0.15, -0.1) is 24.8 Å². The highest BCUT2D eigenvalue weighted by molar-refractivity contribution is 5.85. The Kier molecular flexibility index (Phi) is 7.28. The van der Waals surface area contributed by atoms with Crippen LogP contribution in [0.5, 0.6) is 0 Å². The fraction of sp³-hybridized carbons (Fsp3) is 0.333. The Morgan fingerprint density at radius 2 is 2.16 bits per heavy atom. The molecule has 0 radical (unpaired) electrons. The Balaban J connectivity index is 0.00000156. The van der Waals surface area contributed by atoms with Gasteiger partial charge in [-0.25, -0.2) is 18.2 Å². The molecule has 1 aliphatic rings. The first kappa shape index (κ1) is 21.3. The van der Waals surface area contributed by atoms with Crippen molar-refractivity contribution >= 4 is 30.7 Å². The second-order valence-corrected chi connectivity index (χ2v) is 5.47. The average Bonchev–Trinajstić information content (AvgIpc) is 3.14. The number of nitrogens with one attached hydrogen (secondary N) is 2. The lowest BCUT2D eigenvalue weighted by atomic mass is 10.1. The number of carbonyl (C=O) groups excluding carboxylic acids is 1. The van der Waals surface area contributed by atoms with Crippen LogP contribution in [0.2, 0.25) is 0 Å². The van der Waals surface area contributed by atoms with Crippen LogP contribution in [-0.2, 0) is 11.3 Å². The number of imidazole rings is 1. The minimum Gasteiger partial charge on any atom is -0.351 e. The van der Waals surface area contributed by atoms with E-state index >= 15 is 0 Å². The van der Waals surface area contributed by atoms with E-state index in [9.17, 15) is 18.0 Å². The predicted octanol–water partition coefficient (Wildman–Crippen LogP) is 2.47. The van der Waals surface area contributed by atoms with Crippen LogP contribution in [0.1, 0.15) is 12.0 Å². The number of amides is 1. The van der Waals surface area contributed by atoms with E-state index in [1.54, 1.807) is 18.3 Å². The van der Waals surface area contributed by atoms with Crippen molar-refractivity contribution in [3.63, 3.8) is 0 Å². The van der Waals surface area contributed by atoms with E-state index in [1.165, 1.54) is 23.2 Å². The van der Waals surface area contributed by atoms with Gasteiger partial charge in [0.15, 0.2) is 0 Å². The molecule has 1 amide bonds. The van der Waals surface area contributed by atoms with Gasteiger partial charge in [0.05, 0.1) is 24.6 Å². The number of hydrogen-bond acceptors (Lipinski definition) is 3. The molecule has 0 aliphatic carbocycles. The second-order valence-electron chi connectivity index (χ2n) is 5.47. The smallest absolute Gasteiger partial charge is 0.262 e. The number of benzene rings is 1. The third-order valence-electron chi connectivity index (χ3n) is 3.69. The van der Waals surface area contributed by atoms with E-state index in [2.05, 4.69) is 15.6 Å². The lowest BCUT2D eigenvalue weighted by Crippen LogP contribution is -2.40. The minimum absolute atomic E-state index is 0. The van der Waals surface area contributed by atoms with Gasteiger partial charge in [0.2, 0.25) is 5.91 Å². The number of nitrogens with zero attached hydrogens (tertiary/aromatic N) is 2. The van der Waals surface area contributed by atoms with Gasteiger partial charge >= 0.3 is 0 Å². The van der Waals surface area contributed by atoms with Gasteiger partial charge < -0.3 is 9.88 Å². The van der Waals surface area contributed by atoms with Crippen LogP contribution in [0, 0.1) is 5.82 Å². The standard InChI is InChI=1S/C15H15F3N4O.2ClH/c16-11-5-10(1-2-13(11)22-4-3-19-9-22)7-20-14(23)12-6-15(17,18)8-21-12;;/h1-5,9,12,21H,6-8H2,(H,20,23);2*1H. The number of carbonyl (C=O) groups is 1. The first-order valence-electron chi connectivity index (χ1n) is 7.10. The molecule has 1 unspecified atom stereocenters. The topological polar surface area (TPSA) is 59.0 Å². The van der Waals surface area contributed by atoms with Crippen molar-refractivity contribution < 1.29 is 18.0 Å². The zero-order valence-electron chi connectivity index (χ0n) is 12.9. The summed E-state index contributed by atoms with van der Waals surface area (Å²) in [5.41, 5.74) is 0.888. The Bertz CT molecular complexity index is 713. The lowest BCUT2D eigenvalue weighted by molar-refractivity contribution is -0.123. The third kappa shape index (κ3) is 5.10. The molecule has 1 atom stereocenters. The van der Waals surface area contributed by atoms with Crippen LogP contribution >= 0.6 is 24.8 Å². The van der Waals surface area contributed by atoms with Crippen molar-refractivity contribution in [3.05, 3.63) is 48.3 Å². The van der Waals surface area contributed by atoms with E-state index in [0.29, 0.717) is 11.3 Å².